The largest absolute Gasteiger partial charge is 0.341 e. The van der Waals surface area contributed by atoms with Gasteiger partial charge in [0.2, 0.25) is 5.95 Å². The van der Waals surface area contributed by atoms with Crippen molar-refractivity contribution in [3.63, 3.8) is 0 Å². The Balaban J connectivity index is 1.94. The van der Waals surface area contributed by atoms with Crippen LogP contribution in [-0.2, 0) is 0 Å². The highest BCUT2D eigenvalue weighted by Gasteiger charge is 2.20. The molecule has 4 heteroatoms. The van der Waals surface area contributed by atoms with Crippen molar-refractivity contribution in [3.05, 3.63) is 12.4 Å². The Kier molecular flexibility index (Phi) is 3.35. The third-order valence-corrected chi connectivity index (χ3v) is 3.75. The molecule has 14 heavy (non-hydrogen) atoms. The second-order valence-corrected chi connectivity index (χ2v) is 5.16. The molecule has 0 amide bonds. The molecule has 0 spiro atoms. The minimum absolute atomic E-state index is 0.791. The average molecular weight is 211 g/mol. The molecule has 2 rings (SSSR count). The molecule has 0 aromatic carbocycles. The van der Waals surface area contributed by atoms with Crippen molar-refractivity contribution in [2.45, 2.75) is 25.0 Å². The van der Waals surface area contributed by atoms with E-state index in [1.807, 2.05) is 12.4 Å². The third-order valence-electron chi connectivity index (χ3n) is 2.56. The first-order valence-electron chi connectivity index (χ1n) is 5.26. The molecule has 1 N–H and O–H groups in total. The van der Waals surface area contributed by atoms with E-state index in [0.29, 0.717) is 0 Å². The van der Waals surface area contributed by atoms with E-state index in [9.17, 15) is 0 Å². The summed E-state index contributed by atoms with van der Waals surface area (Å²) in [6.07, 6.45) is 6.37. The van der Waals surface area contributed by atoms with Gasteiger partial charge in [0.05, 0.1) is 0 Å². The second kappa shape index (κ2) is 4.73. The topological polar surface area (TPSA) is 31.9 Å². The SMILES string of the molecule is CCSC1CCCN(c2ncc[nH]2)C1. The van der Waals surface area contributed by atoms with Gasteiger partial charge < -0.3 is 9.88 Å². The van der Waals surface area contributed by atoms with Gasteiger partial charge >= 0.3 is 0 Å². The number of nitrogens with zero attached hydrogens (tertiary/aromatic N) is 2. The Morgan fingerprint density at radius 1 is 1.71 bits per heavy atom. The number of anilines is 1. The first-order chi connectivity index (χ1) is 6.90. The molecule has 1 aliphatic rings. The first-order valence-corrected chi connectivity index (χ1v) is 6.31. The maximum absolute atomic E-state index is 4.30. The number of imidazole rings is 1. The van der Waals surface area contributed by atoms with E-state index < -0.39 is 0 Å². The van der Waals surface area contributed by atoms with Crippen LogP contribution in [0.2, 0.25) is 0 Å². The van der Waals surface area contributed by atoms with Crippen LogP contribution in [0.4, 0.5) is 5.95 Å². The van der Waals surface area contributed by atoms with Crippen LogP contribution in [0, 0.1) is 0 Å². The number of hydrogen-bond donors (Lipinski definition) is 1. The monoisotopic (exact) mass is 211 g/mol. The van der Waals surface area contributed by atoms with Crippen LogP contribution in [-0.4, -0.2) is 34.1 Å². The molecule has 3 nitrogen and oxygen atoms in total. The molecule has 1 fully saturated rings. The highest BCUT2D eigenvalue weighted by molar-refractivity contribution is 7.99. The van der Waals surface area contributed by atoms with Gasteiger partial charge in [0.25, 0.3) is 0 Å². The molecule has 0 radical (unpaired) electrons. The van der Waals surface area contributed by atoms with Gasteiger partial charge in [0.15, 0.2) is 0 Å². The van der Waals surface area contributed by atoms with Crippen molar-refractivity contribution < 1.29 is 0 Å². The van der Waals surface area contributed by atoms with Gasteiger partial charge in [-0.2, -0.15) is 11.8 Å². The minimum atomic E-state index is 0.791. The summed E-state index contributed by atoms with van der Waals surface area (Å²) in [5.74, 6) is 2.25. The smallest absolute Gasteiger partial charge is 0.202 e. The fourth-order valence-electron chi connectivity index (χ4n) is 1.93. The van der Waals surface area contributed by atoms with Crippen LogP contribution in [0.1, 0.15) is 19.8 Å². The lowest BCUT2D eigenvalue weighted by molar-refractivity contribution is 0.582. The summed E-state index contributed by atoms with van der Waals surface area (Å²) in [6, 6.07) is 0. The van der Waals surface area contributed by atoms with Gasteiger partial charge in [-0.25, -0.2) is 4.98 Å². The van der Waals surface area contributed by atoms with Crippen LogP contribution in [0.3, 0.4) is 0 Å². The molecule has 1 aromatic rings. The van der Waals surface area contributed by atoms with Gasteiger partial charge in [0.1, 0.15) is 0 Å². The maximum Gasteiger partial charge on any atom is 0.202 e. The van der Waals surface area contributed by atoms with E-state index >= 15 is 0 Å². The van der Waals surface area contributed by atoms with Crippen molar-refractivity contribution in [1.29, 1.82) is 0 Å². The summed E-state index contributed by atoms with van der Waals surface area (Å²) in [7, 11) is 0. The molecule has 78 valence electrons. The van der Waals surface area contributed by atoms with Crippen LogP contribution in [0.15, 0.2) is 12.4 Å². The predicted octanol–water partition coefficient (Wildman–Crippen LogP) is 2.13. The Morgan fingerprint density at radius 2 is 2.64 bits per heavy atom. The Morgan fingerprint density at radius 3 is 3.36 bits per heavy atom. The van der Waals surface area contributed by atoms with E-state index in [0.717, 1.165) is 24.3 Å². The first kappa shape index (κ1) is 9.90. The number of H-pyrrole nitrogens is 1. The molecule has 0 bridgehead atoms. The van der Waals surface area contributed by atoms with Gasteiger partial charge in [-0.1, -0.05) is 6.92 Å². The van der Waals surface area contributed by atoms with Crippen molar-refractivity contribution >= 4 is 17.7 Å². The van der Waals surface area contributed by atoms with E-state index in [2.05, 4.69) is 33.6 Å². The fourth-order valence-corrected chi connectivity index (χ4v) is 3.02. The summed E-state index contributed by atoms with van der Waals surface area (Å²) in [5, 5.41) is 0.791. The van der Waals surface area contributed by atoms with Crippen LogP contribution in [0.25, 0.3) is 0 Å². The summed E-state index contributed by atoms with van der Waals surface area (Å²) in [5.41, 5.74) is 0. The molecule has 1 unspecified atom stereocenters. The predicted molar refractivity (Wildman–Crippen MR) is 62.0 cm³/mol. The summed E-state index contributed by atoms with van der Waals surface area (Å²) in [6.45, 7) is 4.52. The average Bonchev–Trinajstić information content (AvgIpc) is 2.71. The molecule has 0 saturated carbocycles. The number of thioether (sulfide) groups is 1. The zero-order valence-corrected chi connectivity index (χ0v) is 9.39. The number of rotatable bonds is 3. The Labute approximate surface area is 89.3 Å². The number of piperidine rings is 1. The summed E-state index contributed by atoms with van der Waals surface area (Å²) >= 11 is 2.07. The van der Waals surface area contributed by atoms with E-state index in [-0.39, 0.29) is 0 Å². The minimum Gasteiger partial charge on any atom is -0.341 e. The molecule has 1 saturated heterocycles. The van der Waals surface area contributed by atoms with Gasteiger partial charge in [-0.05, 0) is 18.6 Å². The molecular weight excluding hydrogens is 194 g/mol. The van der Waals surface area contributed by atoms with Gasteiger partial charge in [-0.15, -0.1) is 0 Å². The number of aromatic amines is 1. The highest BCUT2D eigenvalue weighted by atomic mass is 32.2. The van der Waals surface area contributed by atoms with E-state index in [1.54, 1.807) is 0 Å². The van der Waals surface area contributed by atoms with E-state index in [1.165, 1.54) is 18.6 Å². The van der Waals surface area contributed by atoms with Gasteiger partial charge in [0, 0.05) is 30.7 Å². The lowest BCUT2D eigenvalue weighted by Crippen LogP contribution is -2.37. The fraction of sp³-hybridized carbons (Fsp3) is 0.700. The molecule has 1 atom stereocenters. The molecule has 2 heterocycles. The Bertz CT molecular complexity index is 258. The lowest BCUT2D eigenvalue weighted by Gasteiger charge is -2.31. The zero-order chi connectivity index (χ0) is 9.80. The van der Waals surface area contributed by atoms with Crippen LogP contribution in [0.5, 0.6) is 0 Å². The summed E-state index contributed by atoms with van der Waals surface area (Å²) in [4.78, 5) is 9.83. The summed E-state index contributed by atoms with van der Waals surface area (Å²) < 4.78 is 0. The van der Waals surface area contributed by atoms with Crippen molar-refractivity contribution in [1.82, 2.24) is 9.97 Å². The van der Waals surface area contributed by atoms with Crippen LogP contribution >= 0.6 is 11.8 Å². The highest BCUT2D eigenvalue weighted by Crippen LogP contribution is 2.24. The quantitative estimate of drug-likeness (QED) is 0.831. The molecule has 1 aliphatic heterocycles. The van der Waals surface area contributed by atoms with E-state index in [4.69, 9.17) is 0 Å². The molecule has 1 aromatic heterocycles. The third kappa shape index (κ3) is 2.23. The number of nitrogens with one attached hydrogen (secondary N) is 1. The Hall–Kier alpha value is -0.640. The van der Waals surface area contributed by atoms with Crippen LogP contribution < -0.4 is 4.90 Å². The number of aromatic nitrogens is 2. The molecular formula is C10H17N3S. The second-order valence-electron chi connectivity index (χ2n) is 3.58. The number of hydrogen-bond acceptors (Lipinski definition) is 3. The lowest BCUT2D eigenvalue weighted by atomic mass is 10.1. The maximum atomic E-state index is 4.30. The zero-order valence-electron chi connectivity index (χ0n) is 8.57. The van der Waals surface area contributed by atoms with Crippen molar-refractivity contribution in [2.24, 2.45) is 0 Å². The normalized spacial score (nSPS) is 22.6. The van der Waals surface area contributed by atoms with Gasteiger partial charge in [-0.3, -0.25) is 0 Å². The molecule has 0 aliphatic carbocycles. The standard InChI is InChI=1S/C10H17N3S/c1-2-14-9-4-3-7-13(8-9)10-11-5-6-12-10/h5-6,9H,2-4,7-8H2,1H3,(H,11,12). The van der Waals surface area contributed by atoms with Crippen molar-refractivity contribution in [2.75, 3.05) is 23.7 Å². The van der Waals surface area contributed by atoms with Crippen molar-refractivity contribution in [3.8, 4) is 0 Å².